The maximum absolute atomic E-state index is 13.0. The van der Waals surface area contributed by atoms with Crippen molar-refractivity contribution in [3.8, 4) is 0 Å². The van der Waals surface area contributed by atoms with E-state index in [2.05, 4.69) is 13.2 Å². The number of hydrogen-bond donors (Lipinski definition) is 2. The molecule has 0 spiro atoms. The second-order valence-corrected chi connectivity index (χ2v) is 8.03. The van der Waals surface area contributed by atoms with Gasteiger partial charge in [0.25, 0.3) is 12.6 Å². The molecular formula is C26H30O12. The average molecular weight is 535 g/mol. The van der Waals surface area contributed by atoms with Crippen LogP contribution in [0.2, 0.25) is 0 Å². The zero-order chi connectivity index (χ0) is 29.2. The van der Waals surface area contributed by atoms with Gasteiger partial charge in [-0.2, -0.15) is 0 Å². The fraction of sp³-hybridized carbons (Fsp3) is 0.346. The number of carbonyl (C=O) groups excluding carboxylic acids is 5. The van der Waals surface area contributed by atoms with E-state index in [0.717, 1.165) is 24.5 Å². The van der Waals surface area contributed by atoms with Crippen LogP contribution >= 0.6 is 0 Å². The number of aliphatic hydroxyl groups is 2. The second kappa shape index (κ2) is 14.4. The SMILES string of the molecule is C=C(C)C(=O)OC(OC(=O)c1ccc(C(=O)OC=CC)c(C(=O)OC(OC(=O)C(=C)C)C(C)O)c1)C(C)O. The fourth-order valence-electron chi connectivity index (χ4n) is 2.41. The molecule has 4 atom stereocenters. The molecule has 4 unspecified atom stereocenters. The Hall–Kier alpha value is -4.29. The third-order valence-corrected chi connectivity index (χ3v) is 4.38. The number of hydrogen-bond acceptors (Lipinski definition) is 12. The molecule has 1 aromatic rings. The lowest BCUT2D eigenvalue weighted by Crippen LogP contribution is -2.35. The first-order chi connectivity index (χ1) is 17.7. The van der Waals surface area contributed by atoms with Crippen LogP contribution in [0.5, 0.6) is 0 Å². The first-order valence-electron chi connectivity index (χ1n) is 11.2. The van der Waals surface area contributed by atoms with Crippen molar-refractivity contribution in [2.24, 2.45) is 0 Å². The highest BCUT2D eigenvalue weighted by molar-refractivity contribution is 6.05. The predicted octanol–water partition coefficient (Wildman–Crippen LogP) is 2.34. The summed E-state index contributed by atoms with van der Waals surface area (Å²) in [6.45, 7) is 13.4. The second-order valence-electron chi connectivity index (χ2n) is 8.03. The fourth-order valence-corrected chi connectivity index (χ4v) is 2.41. The van der Waals surface area contributed by atoms with Crippen LogP contribution in [-0.2, 0) is 33.3 Å². The maximum atomic E-state index is 13.0. The first kappa shape index (κ1) is 31.7. The van der Waals surface area contributed by atoms with Gasteiger partial charge < -0.3 is 33.9 Å². The van der Waals surface area contributed by atoms with Gasteiger partial charge in [-0.05, 0) is 52.8 Å². The smallest absolute Gasteiger partial charge is 0.343 e. The van der Waals surface area contributed by atoms with Crippen LogP contribution in [0.25, 0.3) is 0 Å². The summed E-state index contributed by atoms with van der Waals surface area (Å²) in [7, 11) is 0. The number of rotatable bonds is 12. The Morgan fingerprint density at radius 1 is 0.763 bits per heavy atom. The zero-order valence-corrected chi connectivity index (χ0v) is 21.6. The van der Waals surface area contributed by atoms with Crippen molar-refractivity contribution in [1.29, 1.82) is 0 Å². The van der Waals surface area contributed by atoms with Crippen LogP contribution in [0.4, 0.5) is 0 Å². The molecule has 1 rings (SSSR count). The summed E-state index contributed by atoms with van der Waals surface area (Å²) in [5.74, 6) is -5.30. The Kier molecular flexibility index (Phi) is 12.1. The molecule has 0 saturated heterocycles. The van der Waals surface area contributed by atoms with Crippen molar-refractivity contribution < 1.29 is 57.9 Å². The molecule has 2 N–H and O–H groups in total. The first-order valence-corrected chi connectivity index (χ1v) is 11.2. The summed E-state index contributed by atoms with van der Waals surface area (Å²) in [5.41, 5.74) is -1.23. The molecule has 0 amide bonds. The molecule has 38 heavy (non-hydrogen) atoms. The summed E-state index contributed by atoms with van der Waals surface area (Å²) < 4.78 is 24.8. The molecule has 12 nitrogen and oxygen atoms in total. The van der Waals surface area contributed by atoms with Gasteiger partial charge in [-0.1, -0.05) is 19.2 Å². The molecule has 206 valence electrons. The van der Waals surface area contributed by atoms with Crippen LogP contribution in [0, 0.1) is 0 Å². The normalized spacial score (nSPS) is 13.9. The summed E-state index contributed by atoms with van der Waals surface area (Å²) in [4.78, 5) is 61.9. The topological polar surface area (TPSA) is 172 Å². The van der Waals surface area contributed by atoms with Gasteiger partial charge in [0.05, 0.1) is 23.0 Å². The average Bonchev–Trinajstić information content (AvgIpc) is 2.85. The maximum Gasteiger partial charge on any atom is 0.343 e. The van der Waals surface area contributed by atoms with Gasteiger partial charge in [0.1, 0.15) is 12.2 Å². The van der Waals surface area contributed by atoms with Crippen molar-refractivity contribution in [1.82, 2.24) is 0 Å². The van der Waals surface area contributed by atoms with E-state index in [1.165, 1.54) is 33.8 Å². The van der Waals surface area contributed by atoms with E-state index in [4.69, 9.17) is 23.7 Å². The van der Waals surface area contributed by atoms with E-state index in [9.17, 15) is 34.2 Å². The lowest BCUT2D eigenvalue weighted by atomic mass is 10.0. The molecule has 0 bridgehead atoms. The molecule has 0 aliphatic heterocycles. The summed E-state index contributed by atoms with van der Waals surface area (Å²) >= 11 is 0. The number of benzene rings is 1. The van der Waals surface area contributed by atoms with Gasteiger partial charge in [0.15, 0.2) is 0 Å². The third kappa shape index (κ3) is 9.30. The standard InChI is InChI=1S/C26H30O12/c1-8-11-34-23(32)18-10-9-17(22(31)37-25(15(6)27)35-20(29)13(2)3)12-19(18)24(33)38-26(16(7)28)36-21(30)14(4)5/h8-12,15-16,25-28H,2,4H2,1,3,5-7H3. The quantitative estimate of drug-likeness (QED) is 0.132. The van der Waals surface area contributed by atoms with Gasteiger partial charge >= 0.3 is 29.8 Å². The van der Waals surface area contributed by atoms with Gasteiger partial charge in [0.2, 0.25) is 0 Å². The summed E-state index contributed by atoms with van der Waals surface area (Å²) in [5, 5.41) is 19.8. The Morgan fingerprint density at radius 2 is 1.24 bits per heavy atom. The molecule has 0 aliphatic rings. The molecule has 0 radical (unpaired) electrons. The molecular weight excluding hydrogens is 504 g/mol. The van der Waals surface area contributed by atoms with Crippen LogP contribution in [-0.4, -0.2) is 64.8 Å². The Labute approximate surface area is 219 Å². The van der Waals surface area contributed by atoms with Gasteiger partial charge in [0, 0.05) is 11.1 Å². The summed E-state index contributed by atoms with van der Waals surface area (Å²) in [6, 6.07) is 3.09. The third-order valence-electron chi connectivity index (χ3n) is 4.38. The molecule has 12 heteroatoms. The number of aliphatic hydroxyl groups excluding tert-OH is 2. The zero-order valence-electron chi connectivity index (χ0n) is 21.6. The minimum atomic E-state index is -1.79. The van der Waals surface area contributed by atoms with E-state index < -0.39 is 60.2 Å². The summed E-state index contributed by atoms with van der Waals surface area (Å²) in [6.07, 6.45) is -3.97. The Balaban J connectivity index is 3.40. The number of allylic oxidation sites excluding steroid dienone is 1. The molecule has 0 heterocycles. The van der Waals surface area contributed by atoms with Gasteiger partial charge in [-0.3, -0.25) is 0 Å². The predicted molar refractivity (Wildman–Crippen MR) is 130 cm³/mol. The highest BCUT2D eigenvalue weighted by Crippen LogP contribution is 2.19. The minimum Gasteiger partial charge on any atom is -0.431 e. The van der Waals surface area contributed by atoms with Crippen LogP contribution < -0.4 is 0 Å². The highest BCUT2D eigenvalue weighted by Gasteiger charge is 2.30. The van der Waals surface area contributed by atoms with Crippen molar-refractivity contribution in [3.05, 3.63) is 71.5 Å². The molecule has 0 aliphatic carbocycles. The van der Waals surface area contributed by atoms with Crippen molar-refractivity contribution >= 4 is 29.8 Å². The van der Waals surface area contributed by atoms with Crippen molar-refractivity contribution in [2.75, 3.05) is 0 Å². The van der Waals surface area contributed by atoms with Gasteiger partial charge in [-0.25, -0.2) is 24.0 Å². The van der Waals surface area contributed by atoms with E-state index in [0.29, 0.717) is 0 Å². The van der Waals surface area contributed by atoms with E-state index in [1.807, 2.05) is 0 Å². The molecule has 0 aromatic heterocycles. The highest BCUT2D eigenvalue weighted by atomic mass is 16.7. The molecule has 1 aromatic carbocycles. The van der Waals surface area contributed by atoms with Crippen molar-refractivity contribution in [2.45, 2.75) is 59.4 Å². The van der Waals surface area contributed by atoms with Crippen LogP contribution in [0.1, 0.15) is 65.7 Å². The lowest BCUT2D eigenvalue weighted by molar-refractivity contribution is -0.181. The largest absolute Gasteiger partial charge is 0.431 e. The van der Waals surface area contributed by atoms with E-state index >= 15 is 0 Å². The number of ether oxygens (including phenoxy) is 5. The lowest BCUT2D eigenvalue weighted by Gasteiger charge is -2.22. The number of esters is 5. The Morgan fingerprint density at radius 3 is 1.66 bits per heavy atom. The van der Waals surface area contributed by atoms with Gasteiger partial charge in [-0.15, -0.1) is 0 Å². The van der Waals surface area contributed by atoms with Crippen LogP contribution in [0.15, 0.2) is 54.8 Å². The van der Waals surface area contributed by atoms with Crippen LogP contribution in [0.3, 0.4) is 0 Å². The van der Waals surface area contributed by atoms with E-state index in [1.54, 1.807) is 6.92 Å². The van der Waals surface area contributed by atoms with Crippen molar-refractivity contribution in [3.63, 3.8) is 0 Å². The van der Waals surface area contributed by atoms with E-state index in [-0.39, 0.29) is 22.3 Å². The molecule has 0 saturated carbocycles. The minimum absolute atomic E-state index is 0.0132. The number of carbonyl (C=O) groups is 5. The molecule has 0 fully saturated rings. The Bertz CT molecular complexity index is 1130. The monoisotopic (exact) mass is 534 g/mol.